The predicted octanol–water partition coefficient (Wildman–Crippen LogP) is 2.77. The number of carbonyl (C=O) groups excluding carboxylic acids is 1. The fourth-order valence-corrected chi connectivity index (χ4v) is 2.24. The number of halogens is 1. The van der Waals surface area contributed by atoms with E-state index in [1.54, 1.807) is 17.0 Å². The second-order valence-corrected chi connectivity index (χ2v) is 5.19. The molecule has 2 rings (SSSR count). The van der Waals surface area contributed by atoms with Gasteiger partial charge in [0, 0.05) is 24.6 Å². The average molecular weight is 334 g/mol. The number of nitrogens with one attached hydrogen (secondary N) is 2. The van der Waals surface area contributed by atoms with Crippen molar-refractivity contribution in [3.05, 3.63) is 48.3 Å². The molecule has 1 aromatic carbocycles. The molecule has 1 aromatic heterocycles. The monoisotopic (exact) mass is 334 g/mol. The highest BCUT2D eigenvalue weighted by Gasteiger charge is 2.18. The summed E-state index contributed by atoms with van der Waals surface area (Å²) in [5.41, 5.74) is 0.470. The molecule has 0 saturated heterocycles. The van der Waals surface area contributed by atoms with E-state index in [4.69, 9.17) is 5.11 Å². The number of nitrogens with zero attached hydrogens (tertiary/aromatic N) is 2. The van der Waals surface area contributed by atoms with Gasteiger partial charge in [-0.3, -0.25) is 4.79 Å². The summed E-state index contributed by atoms with van der Waals surface area (Å²) in [6.07, 6.45) is 3.81. The average Bonchev–Trinajstić information content (AvgIpc) is 3.01. The van der Waals surface area contributed by atoms with Gasteiger partial charge in [0.25, 0.3) is 0 Å². The minimum atomic E-state index is -0.898. The van der Waals surface area contributed by atoms with Crippen LogP contribution in [0.3, 0.4) is 0 Å². The Balaban J connectivity index is 2.01. The Hall–Kier alpha value is -2.90. The van der Waals surface area contributed by atoms with E-state index in [1.807, 2.05) is 6.92 Å². The van der Waals surface area contributed by atoms with Crippen molar-refractivity contribution in [2.75, 3.05) is 5.32 Å². The number of imidazole rings is 1. The summed E-state index contributed by atoms with van der Waals surface area (Å²) in [6.45, 7) is 2.17. The lowest BCUT2D eigenvalue weighted by Gasteiger charge is -2.18. The SMILES string of the molecule is CCC(NC(=O)Nc1ccc(F)cc1)c1nccn1CCC(=O)O. The van der Waals surface area contributed by atoms with Crippen LogP contribution < -0.4 is 10.6 Å². The summed E-state index contributed by atoms with van der Waals surface area (Å²) < 4.78 is 14.6. The van der Waals surface area contributed by atoms with Crippen molar-refractivity contribution in [3.8, 4) is 0 Å². The topological polar surface area (TPSA) is 96.3 Å². The number of carboxylic acid groups (broad SMARTS) is 1. The molecule has 0 bridgehead atoms. The zero-order valence-corrected chi connectivity index (χ0v) is 13.2. The van der Waals surface area contributed by atoms with E-state index in [1.165, 1.54) is 24.3 Å². The van der Waals surface area contributed by atoms with E-state index in [0.29, 0.717) is 17.9 Å². The zero-order chi connectivity index (χ0) is 17.5. The molecule has 1 atom stereocenters. The van der Waals surface area contributed by atoms with Crippen LogP contribution in [0, 0.1) is 5.82 Å². The zero-order valence-electron chi connectivity index (χ0n) is 13.2. The van der Waals surface area contributed by atoms with Gasteiger partial charge in [-0.25, -0.2) is 14.2 Å². The summed E-state index contributed by atoms with van der Waals surface area (Å²) in [7, 11) is 0. The van der Waals surface area contributed by atoms with Gasteiger partial charge < -0.3 is 20.3 Å². The molecule has 0 aliphatic carbocycles. The molecule has 24 heavy (non-hydrogen) atoms. The molecule has 0 spiro atoms. The van der Waals surface area contributed by atoms with Crippen molar-refractivity contribution in [2.24, 2.45) is 0 Å². The van der Waals surface area contributed by atoms with Crippen molar-refractivity contribution in [1.82, 2.24) is 14.9 Å². The highest BCUT2D eigenvalue weighted by Crippen LogP contribution is 2.16. The summed E-state index contributed by atoms with van der Waals surface area (Å²) in [4.78, 5) is 27.0. The first-order valence-electron chi connectivity index (χ1n) is 7.55. The Bertz CT molecular complexity index is 700. The first-order chi connectivity index (χ1) is 11.5. The fourth-order valence-electron chi connectivity index (χ4n) is 2.24. The molecule has 128 valence electrons. The maximum absolute atomic E-state index is 12.9. The van der Waals surface area contributed by atoms with Gasteiger partial charge in [-0.05, 0) is 30.7 Å². The lowest BCUT2D eigenvalue weighted by molar-refractivity contribution is -0.137. The van der Waals surface area contributed by atoms with Gasteiger partial charge in [-0.15, -0.1) is 0 Å². The highest BCUT2D eigenvalue weighted by molar-refractivity contribution is 5.89. The van der Waals surface area contributed by atoms with Crippen LogP contribution >= 0.6 is 0 Å². The van der Waals surface area contributed by atoms with Crippen molar-refractivity contribution in [3.63, 3.8) is 0 Å². The Morgan fingerprint density at radius 1 is 1.33 bits per heavy atom. The van der Waals surface area contributed by atoms with Crippen molar-refractivity contribution >= 4 is 17.7 Å². The van der Waals surface area contributed by atoms with Crippen LogP contribution in [0.4, 0.5) is 14.9 Å². The summed E-state index contributed by atoms with van der Waals surface area (Å²) >= 11 is 0. The lowest BCUT2D eigenvalue weighted by atomic mass is 10.2. The summed E-state index contributed by atoms with van der Waals surface area (Å²) in [5.74, 6) is -0.689. The normalized spacial score (nSPS) is 11.8. The number of urea groups is 1. The largest absolute Gasteiger partial charge is 0.481 e. The maximum Gasteiger partial charge on any atom is 0.319 e. The number of anilines is 1. The van der Waals surface area contributed by atoms with Crippen molar-refractivity contribution < 1.29 is 19.1 Å². The Kier molecular flexibility index (Phi) is 5.89. The predicted molar refractivity (Wildman–Crippen MR) is 86.1 cm³/mol. The van der Waals surface area contributed by atoms with Gasteiger partial charge in [-0.1, -0.05) is 6.92 Å². The van der Waals surface area contributed by atoms with Crippen LogP contribution in [0.15, 0.2) is 36.7 Å². The van der Waals surface area contributed by atoms with Gasteiger partial charge in [0.15, 0.2) is 0 Å². The first kappa shape index (κ1) is 17.5. The molecule has 0 saturated carbocycles. The number of aliphatic carboxylic acids is 1. The van der Waals surface area contributed by atoms with Gasteiger partial charge >= 0.3 is 12.0 Å². The van der Waals surface area contributed by atoms with Gasteiger partial charge in [0.2, 0.25) is 0 Å². The van der Waals surface area contributed by atoms with Gasteiger partial charge in [0.05, 0.1) is 12.5 Å². The number of amides is 2. The van der Waals surface area contributed by atoms with Crippen molar-refractivity contribution in [1.29, 1.82) is 0 Å². The molecule has 8 heteroatoms. The fraction of sp³-hybridized carbons (Fsp3) is 0.312. The number of aryl methyl sites for hydroxylation is 1. The minimum Gasteiger partial charge on any atom is -0.481 e. The van der Waals surface area contributed by atoms with E-state index in [9.17, 15) is 14.0 Å². The molecule has 2 aromatic rings. The van der Waals surface area contributed by atoms with Crippen molar-refractivity contribution in [2.45, 2.75) is 32.4 Å². The number of aromatic nitrogens is 2. The highest BCUT2D eigenvalue weighted by atomic mass is 19.1. The molecule has 0 radical (unpaired) electrons. The molecule has 0 aliphatic heterocycles. The van der Waals surface area contributed by atoms with E-state index in [0.717, 1.165) is 0 Å². The van der Waals surface area contributed by atoms with Gasteiger partial charge in [-0.2, -0.15) is 0 Å². The molecule has 3 N–H and O–H groups in total. The number of carbonyl (C=O) groups is 2. The number of hydrogen-bond acceptors (Lipinski definition) is 3. The number of benzene rings is 1. The summed E-state index contributed by atoms with van der Waals surface area (Å²) in [6, 6.07) is 4.63. The van der Waals surface area contributed by atoms with E-state index in [2.05, 4.69) is 15.6 Å². The molecule has 0 aliphatic rings. The number of hydrogen-bond donors (Lipinski definition) is 3. The molecule has 2 amide bonds. The number of rotatable bonds is 7. The molecule has 1 unspecified atom stereocenters. The van der Waals surface area contributed by atoms with Crippen LogP contribution in [-0.2, 0) is 11.3 Å². The van der Waals surface area contributed by atoms with Crippen LogP contribution in [0.5, 0.6) is 0 Å². The smallest absolute Gasteiger partial charge is 0.319 e. The molecule has 7 nitrogen and oxygen atoms in total. The third-order valence-electron chi connectivity index (χ3n) is 3.44. The summed E-state index contributed by atoms with van der Waals surface area (Å²) in [5, 5.41) is 14.2. The number of carboxylic acids is 1. The van der Waals surface area contributed by atoms with Crippen LogP contribution in [0.1, 0.15) is 31.6 Å². The van der Waals surface area contributed by atoms with Crippen LogP contribution in [0.25, 0.3) is 0 Å². The Morgan fingerprint density at radius 2 is 2.04 bits per heavy atom. The lowest BCUT2D eigenvalue weighted by Crippen LogP contribution is -2.33. The van der Waals surface area contributed by atoms with E-state index in [-0.39, 0.29) is 24.8 Å². The Morgan fingerprint density at radius 3 is 2.67 bits per heavy atom. The molecule has 1 heterocycles. The third kappa shape index (κ3) is 4.80. The minimum absolute atomic E-state index is 0.0262. The van der Waals surface area contributed by atoms with Crippen LogP contribution in [-0.4, -0.2) is 26.7 Å². The quantitative estimate of drug-likeness (QED) is 0.725. The maximum atomic E-state index is 12.9. The van der Waals surface area contributed by atoms with E-state index < -0.39 is 12.0 Å². The third-order valence-corrected chi connectivity index (χ3v) is 3.44. The molecular formula is C16H19FN4O3. The van der Waals surface area contributed by atoms with Gasteiger partial charge in [0.1, 0.15) is 11.6 Å². The second-order valence-electron chi connectivity index (χ2n) is 5.19. The Labute approximate surface area is 138 Å². The second kappa shape index (κ2) is 8.09. The molecule has 0 fully saturated rings. The first-order valence-corrected chi connectivity index (χ1v) is 7.55. The standard InChI is InChI=1S/C16H19FN4O3/c1-2-13(15-18-8-10-21(15)9-7-14(22)23)20-16(24)19-12-5-3-11(17)4-6-12/h3-6,8,10,13H,2,7,9H2,1H3,(H,22,23)(H2,19,20,24). The van der Waals surface area contributed by atoms with E-state index >= 15 is 0 Å². The molecular weight excluding hydrogens is 315 g/mol. The van der Waals surface area contributed by atoms with Crippen LogP contribution in [0.2, 0.25) is 0 Å².